The van der Waals surface area contributed by atoms with Crippen molar-refractivity contribution in [1.29, 1.82) is 0 Å². The van der Waals surface area contributed by atoms with Crippen LogP contribution in [0.25, 0.3) is 10.9 Å². The van der Waals surface area contributed by atoms with Gasteiger partial charge in [0.1, 0.15) is 0 Å². The Labute approximate surface area is 164 Å². The van der Waals surface area contributed by atoms with Gasteiger partial charge in [-0.15, -0.1) is 0 Å². The average Bonchev–Trinajstić information content (AvgIpc) is 2.70. The molecule has 1 amide bonds. The highest BCUT2D eigenvalue weighted by molar-refractivity contribution is 5.90. The number of carbonyl (C=O) groups excluding carboxylic acids is 1. The molecule has 0 unspecified atom stereocenters. The molecule has 0 aliphatic carbocycles. The smallest absolute Gasteiger partial charge is 0.261 e. The predicted molar refractivity (Wildman–Crippen MR) is 114 cm³/mol. The molecule has 6 heteroatoms. The molecule has 0 atom stereocenters. The highest BCUT2D eigenvalue weighted by atomic mass is 16.1. The van der Waals surface area contributed by atoms with Gasteiger partial charge in [-0.25, -0.2) is 4.98 Å². The van der Waals surface area contributed by atoms with Crippen LogP contribution in [0.3, 0.4) is 0 Å². The molecule has 0 aliphatic heterocycles. The van der Waals surface area contributed by atoms with Crippen molar-refractivity contribution in [3.8, 4) is 0 Å². The molecule has 28 heavy (non-hydrogen) atoms. The Kier molecular flexibility index (Phi) is 6.42. The average molecular weight is 378 g/mol. The lowest BCUT2D eigenvalue weighted by atomic mass is 10.1. The maximum Gasteiger partial charge on any atom is 0.261 e. The third-order valence-electron chi connectivity index (χ3n) is 4.70. The monoisotopic (exact) mass is 378 g/mol. The maximum atomic E-state index is 12.4. The zero-order valence-corrected chi connectivity index (χ0v) is 16.4. The van der Waals surface area contributed by atoms with Crippen molar-refractivity contribution in [2.24, 2.45) is 0 Å². The number of benzene rings is 2. The van der Waals surface area contributed by atoms with Crippen LogP contribution in [0.1, 0.15) is 25.7 Å². The van der Waals surface area contributed by atoms with Crippen LogP contribution in [0.15, 0.2) is 59.7 Å². The van der Waals surface area contributed by atoms with Crippen molar-refractivity contribution in [3.63, 3.8) is 0 Å². The van der Waals surface area contributed by atoms with Gasteiger partial charge in [0.15, 0.2) is 0 Å². The van der Waals surface area contributed by atoms with E-state index >= 15 is 0 Å². The fourth-order valence-corrected chi connectivity index (χ4v) is 3.08. The molecule has 0 spiro atoms. The van der Waals surface area contributed by atoms with Crippen molar-refractivity contribution in [2.75, 3.05) is 24.3 Å². The first-order valence-electron chi connectivity index (χ1n) is 9.56. The molecular weight excluding hydrogens is 352 g/mol. The van der Waals surface area contributed by atoms with Gasteiger partial charge in [-0.05, 0) is 49.2 Å². The molecule has 1 heterocycles. The van der Waals surface area contributed by atoms with Gasteiger partial charge in [0.2, 0.25) is 5.91 Å². The molecule has 3 aromatic rings. The van der Waals surface area contributed by atoms with Gasteiger partial charge in [-0.2, -0.15) is 0 Å². The molecule has 0 radical (unpaired) electrons. The number of unbranched alkanes of at least 4 members (excludes halogenated alkanes) is 2. The fourth-order valence-electron chi connectivity index (χ4n) is 3.08. The zero-order valence-electron chi connectivity index (χ0n) is 16.4. The second-order valence-corrected chi connectivity index (χ2v) is 7.06. The van der Waals surface area contributed by atoms with E-state index in [1.165, 1.54) is 0 Å². The summed E-state index contributed by atoms with van der Waals surface area (Å²) >= 11 is 0. The lowest BCUT2D eigenvalue weighted by molar-refractivity contribution is -0.116. The van der Waals surface area contributed by atoms with E-state index in [-0.39, 0.29) is 11.5 Å². The van der Waals surface area contributed by atoms with Crippen LogP contribution in [0, 0.1) is 0 Å². The minimum Gasteiger partial charge on any atom is -0.378 e. The number of nitrogens with one attached hydrogen (secondary N) is 1. The standard InChI is InChI=1S/C22H26N4O2/c1-25(2)18-13-11-17(12-14-18)24-21(27)10-4-3-7-15-26-16-23-20-9-6-5-8-19(20)22(26)28/h5-6,8-9,11-14,16H,3-4,7,10,15H2,1-2H3,(H,24,27). The van der Waals surface area contributed by atoms with Gasteiger partial charge in [-0.1, -0.05) is 18.6 Å². The number of aromatic nitrogens is 2. The molecule has 3 rings (SSSR count). The van der Waals surface area contributed by atoms with Crippen molar-refractivity contribution in [3.05, 3.63) is 65.2 Å². The fraction of sp³-hybridized carbons (Fsp3) is 0.318. The molecule has 2 aromatic carbocycles. The topological polar surface area (TPSA) is 67.2 Å². The van der Waals surface area contributed by atoms with Crippen LogP contribution in [0.2, 0.25) is 0 Å². The molecule has 146 valence electrons. The van der Waals surface area contributed by atoms with Crippen LogP contribution < -0.4 is 15.8 Å². The van der Waals surface area contributed by atoms with Crippen molar-refractivity contribution in [2.45, 2.75) is 32.2 Å². The van der Waals surface area contributed by atoms with Crippen molar-refractivity contribution in [1.82, 2.24) is 9.55 Å². The Bertz CT molecular complexity index is 993. The van der Waals surface area contributed by atoms with Crippen molar-refractivity contribution < 1.29 is 4.79 Å². The first kappa shape index (κ1) is 19.6. The maximum absolute atomic E-state index is 12.4. The van der Waals surface area contributed by atoms with Gasteiger partial charge in [-0.3, -0.25) is 14.2 Å². The van der Waals surface area contributed by atoms with Crippen LogP contribution in [-0.4, -0.2) is 29.6 Å². The lowest BCUT2D eigenvalue weighted by Crippen LogP contribution is -2.20. The summed E-state index contributed by atoms with van der Waals surface area (Å²) < 4.78 is 1.65. The number of nitrogens with zero attached hydrogens (tertiary/aromatic N) is 3. The Morgan fingerprint density at radius 1 is 1.04 bits per heavy atom. The second-order valence-electron chi connectivity index (χ2n) is 7.06. The number of rotatable bonds is 8. The lowest BCUT2D eigenvalue weighted by Gasteiger charge is -2.13. The summed E-state index contributed by atoms with van der Waals surface area (Å²) in [6, 6.07) is 15.1. The molecule has 0 bridgehead atoms. The summed E-state index contributed by atoms with van der Waals surface area (Å²) in [5.41, 5.74) is 2.62. The summed E-state index contributed by atoms with van der Waals surface area (Å²) in [6.07, 6.45) is 4.59. The molecule has 1 N–H and O–H groups in total. The number of carbonyl (C=O) groups is 1. The van der Waals surface area contributed by atoms with Crippen LogP contribution in [-0.2, 0) is 11.3 Å². The summed E-state index contributed by atoms with van der Waals surface area (Å²) in [5.74, 6) is 0.0159. The number of para-hydroxylation sites is 1. The Morgan fingerprint density at radius 2 is 1.79 bits per heavy atom. The summed E-state index contributed by atoms with van der Waals surface area (Å²) in [5, 5.41) is 3.57. The largest absolute Gasteiger partial charge is 0.378 e. The number of hydrogen-bond acceptors (Lipinski definition) is 4. The molecule has 0 fully saturated rings. The summed E-state index contributed by atoms with van der Waals surface area (Å²) in [4.78, 5) is 30.8. The number of hydrogen-bond donors (Lipinski definition) is 1. The van der Waals surface area contributed by atoms with E-state index < -0.39 is 0 Å². The Balaban J connectivity index is 1.41. The predicted octanol–water partition coefficient (Wildman–Crippen LogP) is 3.66. The second kappa shape index (κ2) is 9.17. The number of aryl methyl sites for hydroxylation is 1. The molecular formula is C22H26N4O2. The van der Waals surface area contributed by atoms with E-state index in [4.69, 9.17) is 0 Å². The number of anilines is 2. The third kappa shape index (κ3) is 4.97. The SMILES string of the molecule is CN(C)c1ccc(NC(=O)CCCCCn2cnc3ccccc3c2=O)cc1. The summed E-state index contributed by atoms with van der Waals surface area (Å²) in [6.45, 7) is 0.615. The number of amides is 1. The van der Waals surface area contributed by atoms with E-state index in [9.17, 15) is 9.59 Å². The van der Waals surface area contributed by atoms with Gasteiger partial charge in [0.05, 0.1) is 17.2 Å². The van der Waals surface area contributed by atoms with Crippen LogP contribution >= 0.6 is 0 Å². The minimum atomic E-state index is -0.00971. The highest BCUT2D eigenvalue weighted by Gasteiger charge is 2.05. The van der Waals surface area contributed by atoms with Crippen LogP contribution in [0.5, 0.6) is 0 Å². The first-order valence-corrected chi connectivity index (χ1v) is 9.56. The zero-order chi connectivity index (χ0) is 19.9. The Hall–Kier alpha value is -3.15. The van der Waals surface area contributed by atoms with Gasteiger partial charge in [0, 0.05) is 38.4 Å². The van der Waals surface area contributed by atoms with Gasteiger partial charge in [0.25, 0.3) is 5.56 Å². The molecule has 1 aromatic heterocycles. The first-order chi connectivity index (χ1) is 13.5. The van der Waals surface area contributed by atoms with Crippen molar-refractivity contribution >= 4 is 28.2 Å². The van der Waals surface area contributed by atoms with Gasteiger partial charge >= 0.3 is 0 Å². The van der Waals surface area contributed by atoms with E-state index in [1.807, 2.05) is 61.5 Å². The van der Waals surface area contributed by atoms with Crippen LogP contribution in [0.4, 0.5) is 11.4 Å². The highest BCUT2D eigenvalue weighted by Crippen LogP contribution is 2.16. The molecule has 0 aliphatic rings. The Morgan fingerprint density at radius 3 is 2.54 bits per heavy atom. The van der Waals surface area contributed by atoms with E-state index in [2.05, 4.69) is 10.3 Å². The van der Waals surface area contributed by atoms with E-state index in [1.54, 1.807) is 17.0 Å². The summed E-state index contributed by atoms with van der Waals surface area (Å²) in [7, 11) is 3.96. The normalized spacial score (nSPS) is 10.8. The van der Waals surface area contributed by atoms with E-state index in [0.29, 0.717) is 18.4 Å². The minimum absolute atomic E-state index is 0.00971. The quantitative estimate of drug-likeness (QED) is 0.608. The molecule has 6 nitrogen and oxygen atoms in total. The number of fused-ring (bicyclic) bond motifs is 1. The molecule has 0 saturated carbocycles. The third-order valence-corrected chi connectivity index (χ3v) is 4.70. The van der Waals surface area contributed by atoms with Gasteiger partial charge < -0.3 is 10.2 Å². The molecule has 0 saturated heterocycles. The van der Waals surface area contributed by atoms with E-state index in [0.717, 1.165) is 36.2 Å².